The number of nitrogens with one attached hydrogen (secondary N) is 1. The van der Waals surface area contributed by atoms with Crippen molar-refractivity contribution in [3.63, 3.8) is 0 Å². The zero-order valence-corrected chi connectivity index (χ0v) is 21.8. The molecule has 1 aliphatic rings. The molecule has 2 aromatic carbocycles. The summed E-state index contributed by atoms with van der Waals surface area (Å²) < 4.78 is 39.3. The van der Waals surface area contributed by atoms with Gasteiger partial charge in [-0.25, -0.2) is 12.8 Å². The molecule has 0 aliphatic heterocycles. The highest BCUT2D eigenvalue weighted by Gasteiger charge is 2.31. The number of carbonyl (C=O) groups is 2. The summed E-state index contributed by atoms with van der Waals surface area (Å²) >= 11 is 12.1. The number of nitrogens with zero attached hydrogens (tertiary/aromatic N) is 2. The predicted octanol–water partition coefficient (Wildman–Crippen LogP) is 4.37. The maximum absolute atomic E-state index is 13.5. The molecule has 1 fully saturated rings. The second kappa shape index (κ2) is 11.6. The van der Waals surface area contributed by atoms with Crippen molar-refractivity contribution in [1.82, 2.24) is 10.2 Å². The topological polar surface area (TPSA) is 86.8 Å². The fraction of sp³-hybridized carbons (Fsp3) is 0.417. The molecule has 0 aromatic heterocycles. The number of amides is 2. The molecule has 35 heavy (non-hydrogen) atoms. The van der Waals surface area contributed by atoms with Crippen molar-refractivity contribution in [2.45, 2.75) is 51.2 Å². The van der Waals surface area contributed by atoms with Crippen LogP contribution >= 0.6 is 23.2 Å². The summed E-state index contributed by atoms with van der Waals surface area (Å²) in [6, 6.07) is 8.83. The second-order valence-electron chi connectivity index (χ2n) is 8.68. The van der Waals surface area contributed by atoms with Crippen LogP contribution in [0.1, 0.15) is 38.2 Å². The van der Waals surface area contributed by atoms with E-state index in [4.69, 9.17) is 23.2 Å². The monoisotopic (exact) mass is 543 g/mol. The number of rotatable bonds is 9. The minimum atomic E-state index is -3.88. The van der Waals surface area contributed by atoms with Gasteiger partial charge in [0.25, 0.3) is 0 Å². The Morgan fingerprint density at radius 3 is 2.29 bits per heavy atom. The molecule has 11 heteroatoms. The lowest BCUT2D eigenvalue weighted by Gasteiger charge is -2.32. The van der Waals surface area contributed by atoms with Crippen molar-refractivity contribution >= 4 is 50.7 Å². The summed E-state index contributed by atoms with van der Waals surface area (Å²) in [7, 11) is -3.88. The van der Waals surface area contributed by atoms with E-state index in [2.05, 4.69) is 5.32 Å². The third kappa shape index (κ3) is 7.32. The van der Waals surface area contributed by atoms with Crippen LogP contribution in [0.3, 0.4) is 0 Å². The summed E-state index contributed by atoms with van der Waals surface area (Å²) in [5.74, 6) is -1.45. The Morgan fingerprint density at radius 2 is 1.71 bits per heavy atom. The van der Waals surface area contributed by atoms with E-state index in [1.807, 2.05) is 0 Å². The molecular weight excluding hydrogens is 516 g/mol. The van der Waals surface area contributed by atoms with Gasteiger partial charge < -0.3 is 10.2 Å². The highest BCUT2D eigenvalue weighted by Crippen LogP contribution is 2.25. The van der Waals surface area contributed by atoms with Crippen LogP contribution in [0.25, 0.3) is 0 Å². The lowest BCUT2D eigenvalue weighted by molar-refractivity contribution is -0.139. The van der Waals surface area contributed by atoms with Crippen LogP contribution in [0.4, 0.5) is 10.1 Å². The maximum atomic E-state index is 13.5. The van der Waals surface area contributed by atoms with E-state index in [1.165, 1.54) is 17.0 Å². The van der Waals surface area contributed by atoms with Gasteiger partial charge in [-0.1, -0.05) is 42.1 Å². The van der Waals surface area contributed by atoms with E-state index >= 15 is 0 Å². The number of hydrogen-bond donors (Lipinski definition) is 1. The van der Waals surface area contributed by atoms with Gasteiger partial charge in [0.05, 0.1) is 22.0 Å². The van der Waals surface area contributed by atoms with E-state index in [0.29, 0.717) is 15.6 Å². The van der Waals surface area contributed by atoms with Crippen LogP contribution in [0.5, 0.6) is 0 Å². The zero-order chi connectivity index (χ0) is 25.8. The van der Waals surface area contributed by atoms with E-state index in [9.17, 15) is 22.4 Å². The minimum Gasteiger partial charge on any atom is -0.352 e. The van der Waals surface area contributed by atoms with Crippen molar-refractivity contribution in [3.8, 4) is 0 Å². The zero-order valence-electron chi connectivity index (χ0n) is 19.5. The van der Waals surface area contributed by atoms with Crippen LogP contribution < -0.4 is 9.62 Å². The number of benzene rings is 2. The molecule has 1 atom stereocenters. The number of hydrogen-bond acceptors (Lipinski definition) is 4. The molecule has 0 radical (unpaired) electrons. The predicted molar refractivity (Wildman–Crippen MR) is 135 cm³/mol. The number of sulfonamides is 1. The van der Waals surface area contributed by atoms with Gasteiger partial charge in [0.15, 0.2) is 0 Å². The van der Waals surface area contributed by atoms with Gasteiger partial charge in [-0.3, -0.25) is 13.9 Å². The molecule has 190 valence electrons. The average molecular weight is 544 g/mol. The van der Waals surface area contributed by atoms with Gasteiger partial charge in [0.2, 0.25) is 21.8 Å². The second-order valence-corrected chi connectivity index (χ2v) is 11.4. The first kappa shape index (κ1) is 27.2. The highest BCUT2D eigenvalue weighted by molar-refractivity contribution is 7.92. The molecule has 0 bridgehead atoms. The molecule has 0 spiro atoms. The molecular formula is C24H28Cl2FN3O4S. The first-order chi connectivity index (χ1) is 16.5. The van der Waals surface area contributed by atoms with Crippen LogP contribution in [-0.4, -0.2) is 50.0 Å². The smallest absolute Gasteiger partial charge is 0.244 e. The summed E-state index contributed by atoms with van der Waals surface area (Å²) in [6.45, 7) is 1.05. The van der Waals surface area contributed by atoms with Crippen molar-refractivity contribution in [3.05, 3.63) is 63.9 Å². The Labute approximate surface area is 215 Å². The molecule has 1 N–H and O–H groups in total. The summed E-state index contributed by atoms with van der Waals surface area (Å²) in [6.07, 6.45) is 4.79. The van der Waals surface area contributed by atoms with Crippen LogP contribution in [-0.2, 0) is 26.2 Å². The Bertz CT molecular complexity index is 1170. The van der Waals surface area contributed by atoms with Crippen molar-refractivity contribution in [1.29, 1.82) is 0 Å². The Kier molecular flexibility index (Phi) is 9.01. The molecule has 1 saturated carbocycles. The lowest BCUT2D eigenvalue weighted by atomic mass is 10.1. The van der Waals surface area contributed by atoms with Crippen molar-refractivity contribution in [2.24, 2.45) is 0 Å². The van der Waals surface area contributed by atoms with Crippen molar-refractivity contribution < 1.29 is 22.4 Å². The first-order valence-corrected chi connectivity index (χ1v) is 13.8. The number of halogens is 3. The van der Waals surface area contributed by atoms with Crippen molar-refractivity contribution in [2.75, 3.05) is 17.1 Å². The maximum Gasteiger partial charge on any atom is 0.244 e. The highest BCUT2D eigenvalue weighted by atomic mass is 35.5. The van der Waals surface area contributed by atoms with Gasteiger partial charge in [-0.2, -0.15) is 0 Å². The van der Waals surface area contributed by atoms with E-state index in [1.54, 1.807) is 25.1 Å². The molecule has 0 saturated heterocycles. The Balaban J connectivity index is 1.88. The fourth-order valence-corrected chi connectivity index (χ4v) is 5.20. The van der Waals surface area contributed by atoms with Gasteiger partial charge in [-0.15, -0.1) is 0 Å². The normalized spacial score (nSPS) is 15.0. The molecule has 3 rings (SSSR count). The van der Waals surface area contributed by atoms with Gasteiger partial charge in [0.1, 0.15) is 18.4 Å². The molecule has 0 heterocycles. The molecule has 2 aromatic rings. The Morgan fingerprint density at radius 1 is 1.09 bits per heavy atom. The third-order valence-electron chi connectivity index (χ3n) is 6.00. The standard InChI is InChI=1S/C24H28Cl2FN3O4S/c1-16(24(32)28-19-5-3-4-6-19)29(14-17-7-12-21(25)22(26)13-17)23(31)15-30(35(2,33)34)20-10-8-18(27)9-11-20/h7-13,16,19H,3-6,14-15H2,1-2H3,(H,28,32)/t16-/m1/s1. The Hall–Kier alpha value is -2.36. The molecule has 2 amide bonds. The van der Waals surface area contributed by atoms with E-state index in [-0.39, 0.29) is 24.2 Å². The van der Waals surface area contributed by atoms with Gasteiger partial charge in [-0.05, 0) is 61.7 Å². The summed E-state index contributed by atoms with van der Waals surface area (Å²) in [5.41, 5.74) is 0.765. The quantitative estimate of drug-likeness (QED) is 0.508. The molecule has 0 unspecified atom stereocenters. The van der Waals surface area contributed by atoms with Crippen LogP contribution in [0.15, 0.2) is 42.5 Å². The molecule has 1 aliphatic carbocycles. The molecule has 7 nitrogen and oxygen atoms in total. The van der Waals surface area contributed by atoms with Crippen LogP contribution in [0, 0.1) is 5.82 Å². The van der Waals surface area contributed by atoms with Gasteiger partial charge in [0, 0.05) is 12.6 Å². The average Bonchev–Trinajstić information content (AvgIpc) is 3.30. The van der Waals surface area contributed by atoms with E-state index < -0.39 is 34.3 Å². The summed E-state index contributed by atoms with van der Waals surface area (Å²) in [5, 5.41) is 3.63. The lowest BCUT2D eigenvalue weighted by Crippen LogP contribution is -2.52. The van der Waals surface area contributed by atoms with Gasteiger partial charge >= 0.3 is 0 Å². The third-order valence-corrected chi connectivity index (χ3v) is 7.88. The number of anilines is 1. The largest absolute Gasteiger partial charge is 0.352 e. The van der Waals surface area contributed by atoms with Crippen LogP contribution in [0.2, 0.25) is 10.0 Å². The minimum absolute atomic E-state index is 0.00992. The SMILES string of the molecule is C[C@H](C(=O)NC1CCCC1)N(Cc1ccc(Cl)c(Cl)c1)C(=O)CN(c1ccc(F)cc1)S(C)(=O)=O. The van der Waals surface area contributed by atoms with E-state index in [0.717, 1.165) is 48.4 Å². The number of carbonyl (C=O) groups excluding carboxylic acids is 2. The fourth-order valence-electron chi connectivity index (χ4n) is 4.03. The summed E-state index contributed by atoms with van der Waals surface area (Å²) in [4.78, 5) is 27.8. The first-order valence-electron chi connectivity index (χ1n) is 11.2.